The van der Waals surface area contributed by atoms with Crippen molar-refractivity contribution in [1.82, 2.24) is 10.2 Å². The minimum atomic E-state index is 0. The van der Waals surface area contributed by atoms with E-state index in [0.717, 1.165) is 11.8 Å². The minimum Gasteiger partial charge on any atom is -0.317 e. The van der Waals surface area contributed by atoms with E-state index in [0.29, 0.717) is 0 Å². The summed E-state index contributed by atoms with van der Waals surface area (Å²) in [5.74, 6) is 2.00. The predicted octanol–water partition coefficient (Wildman–Crippen LogP) is 2.53. The lowest BCUT2D eigenvalue weighted by Crippen LogP contribution is -2.40. The van der Waals surface area contributed by atoms with Gasteiger partial charge >= 0.3 is 0 Å². The van der Waals surface area contributed by atoms with Crippen LogP contribution in [0.5, 0.6) is 0 Å². The van der Waals surface area contributed by atoms with Gasteiger partial charge in [-0.15, -0.1) is 12.4 Å². The Kier molecular flexibility index (Phi) is 6.71. The zero-order chi connectivity index (χ0) is 10.5. The number of piperidine rings is 2. The van der Waals surface area contributed by atoms with Crippen molar-refractivity contribution in [2.75, 3.05) is 32.7 Å². The first-order chi connectivity index (χ1) is 7.38. The second kappa shape index (κ2) is 7.52. The quantitative estimate of drug-likeness (QED) is 0.824. The molecule has 2 nitrogen and oxygen atoms in total. The highest BCUT2D eigenvalue weighted by atomic mass is 35.5. The molecule has 0 aliphatic carbocycles. The Morgan fingerprint density at radius 2 is 1.62 bits per heavy atom. The molecule has 96 valence electrons. The molecule has 0 radical (unpaired) electrons. The largest absolute Gasteiger partial charge is 0.317 e. The maximum Gasteiger partial charge on any atom is 0.00106 e. The van der Waals surface area contributed by atoms with E-state index in [9.17, 15) is 0 Å². The zero-order valence-electron chi connectivity index (χ0n) is 10.6. The van der Waals surface area contributed by atoms with Gasteiger partial charge in [0.2, 0.25) is 0 Å². The van der Waals surface area contributed by atoms with Crippen LogP contribution in [0.15, 0.2) is 0 Å². The normalized spacial score (nSPS) is 25.3. The summed E-state index contributed by atoms with van der Waals surface area (Å²) in [6.07, 6.45) is 7.07. The summed E-state index contributed by atoms with van der Waals surface area (Å²) in [5, 5.41) is 3.45. The Labute approximate surface area is 107 Å². The first-order valence-corrected chi connectivity index (χ1v) is 6.81. The summed E-state index contributed by atoms with van der Waals surface area (Å²) < 4.78 is 0. The standard InChI is InChI=1S/C13H26N2.ClH/c1-2-12-5-9-15(10-6-12)11-13-3-7-14-8-4-13;/h12-14H,2-11H2,1H3;1H. The molecule has 0 aromatic heterocycles. The smallest absolute Gasteiger partial charge is 0.00106 e. The number of hydrogen-bond acceptors (Lipinski definition) is 2. The Balaban J connectivity index is 0.00000128. The highest BCUT2D eigenvalue weighted by molar-refractivity contribution is 5.85. The van der Waals surface area contributed by atoms with Gasteiger partial charge in [0.05, 0.1) is 0 Å². The van der Waals surface area contributed by atoms with E-state index < -0.39 is 0 Å². The second-order valence-corrected chi connectivity index (χ2v) is 5.35. The van der Waals surface area contributed by atoms with Crippen molar-refractivity contribution in [1.29, 1.82) is 0 Å². The Bertz CT molecular complexity index is 173. The molecule has 2 aliphatic rings. The number of halogens is 1. The molecular weight excluding hydrogens is 220 g/mol. The Hall–Kier alpha value is 0.210. The van der Waals surface area contributed by atoms with Crippen molar-refractivity contribution in [2.24, 2.45) is 11.8 Å². The van der Waals surface area contributed by atoms with Gasteiger partial charge in [-0.2, -0.15) is 0 Å². The maximum absolute atomic E-state index is 3.45. The summed E-state index contributed by atoms with van der Waals surface area (Å²) in [6.45, 7) is 8.93. The lowest BCUT2D eigenvalue weighted by atomic mass is 9.92. The fourth-order valence-electron chi connectivity index (χ4n) is 3.01. The van der Waals surface area contributed by atoms with Crippen LogP contribution in [-0.4, -0.2) is 37.6 Å². The molecule has 1 N–H and O–H groups in total. The van der Waals surface area contributed by atoms with Gasteiger partial charge in [0.15, 0.2) is 0 Å². The van der Waals surface area contributed by atoms with Gasteiger partial charge in [-0.1, -0.05) is 13.3 Å². The lowest BCUT2D eigenvalue weighted by molar-refractivity contribution is 0.147. The molecule has 2 saturated heterocycles. The topological polar surface area (TPSA) is 15.3 Å². The van der Waals surface area contributed by atoms with Crippen molar-refractivity contribution < 1.29 is 0 Å². The van der Waals surface area contributed by atoms with Crippen LogP contribution in [0, 0.1) is 11.8 Å². The molecule has 0 bridgehead atoms. The van der Waals surface area contributed by atoms with Crippen molar-refractivity contribution in [3.05, 3.63) is 0 Å². The number of hydrogen-bond donors (Lipinski definition) is 1. The van der Waals surface area contributed by atoms with Gasteiger partial charge in [-0.25, -0.2) is 0 Å². The highest BCUT2D eigenvalue weighted by Gasteiger charge is 2.21. The number of nitrogens with zero attached hydrogens (tertiary/aromatic N) is 1. The fourth-order valence-corrected chi connectivity index (χ4v) is 3.01. The van der Waals surface area contributed by atoms with Gasteiger partial charge < -0.3 is 10.2 Å². The van der Waals surface area contributed by atoms with Crippen molar-refractivity contribution in [2.45, 2.75) is 39.0 Å². The van der Waals surface area contributed by atoms with E-state index in [-0.39, 0.29) is 12.4 Å². The first-order valence-electron chi connectivity index (χ1n) is 6.81. The molecule has 0 saturated carbocycles. The third-order valence-corrected chi connectivity index (χ3v) is 4.26. The van der Waals surface area contributed by atoms with Crippen molar-refractivity contribution >= 4 is 12.4 Å². The monoisotopic (exact) mass is 246 g/mol. The molecule has 0 atom stereocenters. The van der Waals surface area contributed by atoms with Crippen LogP contribution in [0.2, 0.25) is 0 Å². The minimum absolute atomic E-state index is 0. The molecule has 2 aliphatic heterocycles. The van der Waals surface area contributed by atoms with Gasteiger partial charge in [0, 0.05) is 6.54 Å². The fraction of sp³-hybridized carbons (Fsp3) is 1.00. The Morgan fingerprint density at radius 1 is 1.00 bits per heavy atom. The van der Waals surface area contributed by atoms with E-state index in [1.807, 2.05) is 0 Å². The highest BCUT2D eigenvalue weighted by Crippen LogP contribution is 2.22. The molecule has 2 rings (SSSR count). The first kappa shape index (κ1) is 14.3. The van der Waals surface area contributed by atoms with Crippen LogP contribution in [0.1, 0.15) is 39.0 Å². The summed E-state index contributed by atoms with van der Waals surface area (Å²) in [4.78, 5) is 2.71. The third-order valence-electron chi connectivity index (χ3n) is 4.26. The van der Waals surface area contributed by atoms with E-state index in [2.05, 4.69) is 17.1 Å². The number of likely N-dealkylation sites (tertiary alicyclic amines) is 1. The summed E-state index contributed by atoms with van der Waals surface area (Å²) in [5.41, 5.74) is 0. The van der Waals surface area contributed by atoms with E-state index >= 15 is 0 Å². The van der Waals surface area contributed by atoms with E-state index in [4.69, 9.17) is 0 Å². The van der Waals surface area contributed by atoms with Crippen LogP contribution in [0.25, 0.3) is 0 Å². The number of rotatable bonds is 3. The van der Waals surface area contributed by atoms with Crippen LogP contribution in [0.3, 0.4) is 0 Å². The van der Waals surface area contributed by atoms with Gasteiger partial charge in [-0.3, -0.25) is 0 Å². The molecule has 0 spiro atoms. The average molecular weight is 247 g/mol. The summed E-state index contributed by atoms with van der Waals surface area (Å²) in [6, 6.07) is 0. The molecular formula is C13H27ClN2. The lowest BCUT2D eigenvalue weighted by Gasteiger charge is -2.35. The average Bonchev–Trinajstić information content (AvgIpc) is 2.31. The van der Waals surface area contributed by atoms with Crippen LogP contribution in [-0.2, 0) is 0 Å². The Morgan fingerprint density at radius 3 is 2.19 bits per heavy atom. The molecule has 0 unspecified atom stereocenters. The van der Waals surface area contributed by atoms with E-state index in [1.54, 1.807) is 0 Å². The SMILES string of the molecule is CCC1CCN(CC2CCNCC2)CC1.Cl. The zero-order valence-corrected chi connectivity index (χ0v) is 11.4. The molecule has 3 heteroatoms. The third kappa shape index (κ3) is 4.23. The molecule has 16 heavy (non-hydrogen) atoms. The van der Waals surface area contributed by atoms with Crippen molar-refractivity contribution in [3.8, 4) is 0 Å². The summed E-state index contributed by atoms with van der Waals surface area (Å²) in [7, 11) is 0. The molecule has 0 aromatic rings. The second-order valence-electron chi connectivity index (χ2n) is 5.35. The molecule has 2 heterocycles. The molecule has 0 amide bonds. The predicted molar refractivity (Wildman–Crippen MR) is 72.3 cm³/mol. The van der Waals surface area contributed by atoms with Gasteiger partial charge in [0.1, 0.15) is 0 Å². The molecule has 2 fully saturated rings. The van der Waals surface area contributed by atoms with Crippen LogP contribution in [0.4, 0.5) is 0 Å². The van der Waals surface area contributed by atoms with Crippen LogP contribution < -0.4 is 5.32 Å². The van der Waals surface area contributed by atoms with E-state index in [1.165, 1.54) is 64.8 Å². The van der Waals surface area contributed by atoms with Gasteiger partial charge in [0.25, 0.3) is 0 Å². The summed E-state index contributed by atoms with van der Waals surface area (Å²) >= 11 is 0. The molecule has 0 aromatic carbocycles. The van der Waals surface area contributed by atoms with Gasteiger partial charge in [-0.05, 0) is 63.7 Å². The van der Waals surface area contributed by atoms with Crippen LogP contribution >= 0.6 is 12.4 Å². The van der Waals surface area contributed by atoms with Crippen molar-refractivity contribution in [3.63, 3.8) is 0 Å². The maximum atomic E-state index is 3.45. The number of nitrogens with one attached hydrogen (secondary N) is 1.